The lowest BCUT2D eigenvalue weighted by Crippen LogP contribution is -2.48. The Morgan fingerprint density at radius 1 is 0.318 bits per heavy atom. The molecule has 0 amide bonds. The van der Waals surface area contributed by atoms with E-state index in [9.17, 15) is 9.59 Å². The van der Waals surface area contributed by atoms with Gasteiger partial charge in [0.1, 0.15) is 9.75 Å². The zero-order chi connectivity index (χ0) is 79.0. The van der Waals surface area contributed by atoms with E-state index in [0.29, 0.717) is 74.0 Å². The van der Waals surface area contributed by atoms with Gasteiger partial charge in [0.25, 0.3) is 0 Å². The Morgan fingerprint density at radius 2 is 0.582 bits per heavy atom. The van der Waals surface area contributed by atoms with Crippen LogP contribution in [0.15, 0.2) is 72.8 Å². The fraction of sp³-hybridized carbons (Fsp3) is 0.568. The van der Waals surface area contributed by atoms with E-state index in [1.165, 1.54) is 143 Å². The number of carbonyl (C=O) groups is 2. The smallest absolute Gasteiger partial charge is 0.380 e. The second-order valence-electron chi connectivity index (χ2n) is 30.1. The molecular formula is C88H106F12O6S4. The van der Waals surface area contributed by atoms with Crippen LogP contribution in [-0.4, -0.2) is 73.9 Å². The van der Waals surface area contributed by atoms with E-state index in [2.05, 4.69) is 26.0 Å². The molecule has 2 aliphatic carbocycles. The van der Waals surface area contributed by atoms with Crippen molar-refractivity contribution >= 4 is 112 Å². The van der Waals surface area contributed by atoms with E-state index in [4.69, 9.17) is 18.9 Å². The highest BCUT2D eigenvalue weighted by Crippen LogP contribution is 2.68. The Bertz CT molecular complexity index is 4140. The first kappa shape index (κ1) is 86.3. The van der Waals surface area contributed by atoms with Crippen molar-refractivity contribution in [1.29, 1.82) is 0 Å². The average molecular weight is 1620 g/mol. The molecule has 0 saturated carbocycles. The molecule has 0 unspecified atom stereocenters. The number of hydrogen-bond acceptors (Lipinski definition) is 10. The largest absolute Gasteiger partial charge is 0.484 e. The van der Waals surface area contributed by atoms with Gasteiger partial charge in [-0.25, -0.2) is 9.59 Å². The minimum atomic E-state index is -5.78. The first-order valence-corrected chi connectivity index (χ1v) is 43.4. The van der Waals surface area contributed by atoms with E-state index in [1.54, 1.807) is 0 Å². The normalized spacial score (nSPS) is 16.3. The number of carbonyl (C=O) groups excluding carboxylic acids is 2. The van der Waals surface area contributed by atoms with Gasteiger partial charge in [-0.1, -0.05) is 229 Å². The monoisotopic (exact) mass is 1610 g/mol. The van der Waals surface area contributed by atoms with Gasteiger partial charge >= 0.3 is 47.5 Å². The van der Waals surface area contributed by atoms with Gasteiger partial charge in [0.2, 0.25) is 0 Å². The van der Waals surface area contributed by atoms with E-state index >= 15 is 52.7 Å². The topological polar surface area (TPSA) is 71.1 Å². The van der Waals surface area contributed by atoms with Crippen LogP contribution in [0.2, 0.25) is 0 Å². The molecule has 0 atom stereocenters. The van der Waals surface area contributed by atoms with E-state index in [0.717, 1.165) is 142 Å². The molecule has 0 fully saturated rings. The highest BCUT2D eigenvalue weighted by Gasteiger charge is 2.82. The molecule has 602 valence electrons. The van der Waals surface area contributed by atoms with Crippen LogP contribution in [0.1, 0.15) is 292 Å². The molecule has 0 bridgehead atoms. The van der Waals surface area contributed by atoms with Crippen molar-refractivity contribution in [3.8, 4) is 10.1 Å². The molecule has 0 aliphatic heterocycles. The van der Waals surface area contributed by atoms with Crippen molar-refractivity contribution < 1.29 is 81.2 Å². The molecule has 4 aromatic heterocycles. The number of rotatable bonds is 48. The second kappa shape index (κ2) is 38.8. The summed E-state index contributed by atoms with van der Waals surface area (Å²) in [6.45, 7) is 10.2. The number of alkyl halides is 12. The van der Waals surface area contributed by atoms with Crippen molar-refractivity contribution in [1.82, 2.24) is 0 Å². The van der Waals surface area contributed by atoms with Crippen LogP contribution in [0, 0.1) is 27.7 Å². The Hall–Kier alpha value is -6.10. The Kier molecular flexibility index (Phi) is 30.5. The summed E-state index contributed by atoms with van der Waals surface area (Å²) < 4.78 is 213. The number of ether oxygens (including phenoxy) is 4. The third-order valence-electron chi connectivity index (χ3n) is 21.9. The summed E-state index contributed by atoms with van der Waals surface area (Å²) in [6, 6.07) is 20.6. The number of hydrogen-bond donors (Lipinski definition) is 0. The fourth-order valence-electron chi connectivity index (χ4n) is 15.7. The predicted octanol–water partition coefficient (Wildman–Crippen LogP) is 29.8. The number of aryl methyl sites for hydroxylation is 6. The molecule has 0 spiro atoms. The van der Waals surface area contributed by atoms with Crippen LogP contribution in [0.25, 0.3) is 54.6 Å². The molecule has 22 heteroatoms. The number of thiophene rings is 4. The van der Waals surface area contributed by atoms with Gasteiger partial charge in [0.05, 0.1) is 26.4 Å². The van der Waals surface area contributed by atoms with Crippen LogP contribution < -0.4 is 9.47 Å². The number of esters is 2. The molecule has 0 radical (unpaired) electrons. The Morgan fingerprint density at radius 3 is 0.891 bits per heavy atom. The second-order valence-corrected chi connectivity index (χ2v) is 35.1. The van der Waals surface area contributed by atoms with Gasteiger partial charge in [-0.05, 0) is 158 Å². The maximum Gasteiger partial charge on any atom is 0.380 e. The molecule has 6 nitrogen and oxygen atoms in total. The maximum absolute atomic E-state index is 16.0. The van der Waals surface area contributed by atoms with Crippen LogP contribution in [0.3, 0.4) is 0 Å². The molecule has 2 aliphatic rings. The van der Waals surface area contributed by atoms with E-state index in [-0.39, 0.29) is 65.8 Å². The molecule has 4 aromatic carbocycles. The predicted molar refractivity (Wildman–Crippen MR) is 428 cm³/mol. The first-order chi connectivity index (χ1) is 52.6. The van der Waals surface area contributed by atoms with Gasteiger partial charge in [-0.15, -0.1) is 45.3 Å². The number of halogens is 12. The number of allylic oxidation sites excluding steroid dienone is 4. The summed E-state index contributed by atoms with van der Waals surface area (Å²) >= 11 is 3.25. The SMILES string of the molecule is CCCCCCCCCCCCCCCCOc1cc(C2=C(c3cc(C(=O)OCCCCc4ccc5ccc6c(CCCCOC(=O)c7cc(C8=C(c9cc(OCCCCCCCCCCCCCCCC)sc9C)C(F)(F)C(F)(F)C8(F)F)c(C)s7)ccc7ccc4c5c76)sc3C)C(F)(F)C(F)(F)C2(F)F)c(C)s1. The number of unbranched alkanes of at least 4 members (excludes halogenated alkanes) is 28. The van der Waals surface area contributed by atoms with E-state index < -0.39 is 92.0 Å². The van der Waals surface area contributed by atoms with Gasteiger partial charge in [-0.3, -0.25) is 0 Å². The lowest BCUT2D eigenvalue weighted by atomic mass is 9.88. The van der Waals surface area contributed by atoms with E-state index in [1.807, 2.05) is 36.4 Å². The zero-order valence-corrected chi connectivity index (χ0v) is 67.7. The highest BCUT2D eigenvalue weighted by molar-refractivity contribution is 7.15. The molecule has 4 heterocycles. The fourth-order valence-corrected chi connectivity index (χ4v) is 19.3. The van der Waals surface area contributed by atoms with Gasteiger partial charge in [-0.2, -0.15) is 52.7 Å². The summed E-state index contributed by atoms with van der Waals surface area (Å²) in [5.74, 6) is -34.5. The summed E-state index contributed by atoms with van der Waals surface area (Å²) in [4.78, 5) is 26.8. The summed E-state index contributed by atoms with van der Waals surface area (Å²) in [7, 11) is 0. The Balaban J connectivity index is 0.701. The molecule has 8 aromatic rings. The lowest BCUT2D eigenvalue weighted by Gasteiger charge is -2.25. The minimum absolute atomic E-state index is 0.0361. The van der Waals surface area contributed by atoms with Crippen molar-refractivity contribution in [2.24, 2.45) is 0 Å². The maximum atomic E-state index is 16.0. The molecule has 110 heavy (non-hydrogen) atoms. The third kappa shape index (κ3) is 19.3. The van der Waals surface area contributed by atoms with Crippen LogP contribution >= 0.6 is 45.3 Å². The number of benzene rings is 4. The van der Waals surface area contributed by atoms with Gasteiger partial charge in [0.15, 0.2) is 10.1 Å². The van der Waals surface area contributed by atoms with Gasteiger partial charge in [0, 0.05) is 52.9 Å². The van der Waals surface area contributed by atoms with Crippen molar-refractivity contribution in [3.63, 3.8) is 0 Å². The van der Waals surface area contributed by atoms with Gasteiger partial charge < -0.3 is 18.9 Å². The Labute approximate surface area is 656 Å². The first-order valence-electron chi connectivity index (χ1n) is 40.1. The lowest BCUT2D eigenvalue weighted by molar-refractivity contribution is -0.254. The summed E-state index contributed by atoms with van der Waals surface area (Å²) in [5, 5.41) is 6.46. The van der Waals surface area contributed by atoms with Crippen molar-refractivity contribution in [2.75, 3.05) is 26.4 Å². The van der Waals surface area contributed by atoms with Crippen LogP contribution in [-0.2, 0) is 22.3 Å². The molecule has 10 rings (SSSR count). The van der Waals surface area contributed by atoms with Crippen LogP contribution in [0.4, 0.5) is 52.7 Å². The zero-order valence-electron chi connectivity index (χ0n) is 64.4. The van der Waals surface area contributed by atoms with Crippen molar-refractivity contribution in [2.45, 2.75) is 295 Å². The summed E-state index contributed by atoms with van der Waals surface area (Å²) in [5.41, 5.74) is -6.08. The molecule has 0 saturated heterocycles. The molecule has 0 N–H and O–H groups in total. The minimum Gasteiger partial charge on any atom is -0.484 e. The molecular weight excluding hydrogens is 1510 g/mol. The standard InChI is InChI=1S/C88H106F12O6S4/c1-7-9-11-13-15-17-19-21-23-25-27-29-31-35-49-103-73-55-69(59(5)109-73)79-77(83(89,90)87(97,98)85(79,93)94)67-53-71(107-57(67)3)81(101)105-51-37-33-39-61-41-43-63-46-48-66-62(42-44-64-45-47-65(61)75(63)76(64)66)40-34-38-52-106-82(102)72-54-68(58(4)108-72)78-80(86(95,96)88(99,100)84(78,91)92)70-56-74(110-60(70)6)104-50-36-32-30-28-26-24-22-20-18-16-14-12-10-8-2/h41-48,53-56H,7-40,49-52H2,1-6H3. The quantitative estimate of drug-likeness (QED) is 0.0164. The average Bonchev–Trinajstić information content (AvgIpc) is 1.53. The van der Waals surface area contributed by atoms with Crippen LogP contribution in [0.5, 0.6) is 10.1 Å². The third-order valence-corrected chi connectivity index (χ3v) is 25.9. The summed E-state index contributed by atoms with van der Waals surface area (Å²) in [6.07, 6.45) is 35.5. The highest BCUT2D eigenvalue weighted by atomic mass is 32.1. The van der Waals surface area contributed by atoms with Crippen molar-refractivity contribution in [3.05, 3.63) is 135 Å².